The lowest BCUT2D eigenvalue weighted by Gasteiger charge is -2.37. The van der Waals surface area contributed by atoms with Crippen LogP contribution in [0.3, 0.4) is 0 Å². The molecule has 0 aliphatic carbocycles. The Kier molecular flexibility index (Phi) is 3.71. The topological polar surface area (TPSA) is 23.5 Å². The minimum absolute atomic E-state index is 0.272. The molecule has 0 aliphatic rings. The molecule has 0 aliphatic heterocycles. The van der Waals surface area contributed by atoms with Crippen LogP contribution in [-0.2, 0) is 0 Å². The first-order valence-corrected chi connectivity index (χ1v) is 5.38. The molecule has 1 rings (SSSR count). The van der Waals surface area contributed by atoms with Crippen LogP contribution in [0.25, 0.3) is 0 Å². The van der Waals surface area contributed by atoms with E-state index in [0.717, 1.165) is 0 Å². The fourth-order valence-corrected chi connectivity index (χ4v) is 1.43. The molecule has 0 spiro atoms. The van der Waals surface area contributed by atoms with Crippen molar-refractivity contribution in [3.8, 4) is 0 Å². The van der Waals surface area contributed by atoms with E-state index in [1.54, 1.807) is 19.1 Å². The summed E-state index contributed by atoms with van der Waals surface area (Å²) in [5, 5.41) is 10.2. The Morgan fingerprint density at radius 3 is 2.31 bits per heavy atom. The molecule has 16 heavy (non-hydrogen) atoms. The standard InChI is InChI=1S/C13H20FNO/c1-9-6-7-10(8-11(9)14)12(16)13(2,3)15(4)5/h6-8,12,16H,1-5H3. The molecule has 1 aromatic carbocycles. The predicted octanol–water partition coefficient (Wildman–Crippen LogP) is 2.51. The second-order valence-corrected chi connectivity index (χ2v) is 4.96. The summed E-state index contributed by atoms with van der Waals surface area (Å²) in [6, 6.07) is 4.87. The highest BCUT2D eigenvalue weighted by molar-refractivity contribution is 5.26. The number of halogens is 1. The van der Waals surface area contributed by atoms with Gasteiger partial charge < -0.3 is 10.0 Å². The van der Waals surface area contributed by atoms with Crippen molar-refractivity contribution in [1.82, 2.24) is 4.90 Å². The number of rotatable bonds is 3. The molecule has 2 nitrogen and oxygen atoms in total. The van der Waals surface area contributed by atoms with E-state index in [-0.39, 0.29) is 5.82 Å². The lowest BCUT2D eigenvalue weighted by atomic mass is 9.90. The highest BCUT2D eigenvalue weighted by Crippen LogP contribution is 2.29. The number of aryl methyl sites for hydroxylation is 1. The van der Waals surface area contributed by atoms with Crippen molar-refractivity contribution >= 4 is 0 Å². The molecule has 1 N–H and O–H groups in total. The Morgan fingerprint density at radius 1 is 1.31 bits per heavy atom. The van der Waals surface area contributed by atoms with Crippen molar-refractivity contribution in [2.75, 3.05) is 14.1 Å². The molecule has 3 heteroatoms. The summed E-state index contributed by atoms with van der Waals surface area (Å²) in [6.45, 7) is 5.56. The first-order valence-electron chi connectivity index (χ1n) is 5.38. The zero-order chi connectivity index (χ0) is 12.5. The van der Waals surface area contributed by atoms with Crippen LogP contribution in [0.4, 0.5) is 4.39 Å². The maximum Gasteiger partial charge on any atom is 0.126 e. The predicted molar refractivity (Wildman–Crippen MR) is 63.9 cm³/mol. The first-order chi connectivity index (χ1) is 7.26. The number of nitrogens with zero attached hydrogens (tertiary/aromatic N) is 1. The second-order valence-electron chi connectivity index (χ2n) is 4.96. The summed E-state index contributed by atoms with van der Waals surface area (Å²) in [5.41, 5.74) is 0.780. The smallest absolute Gasteiger partial charge is 0.126 e. The van der Waals surface area contributed by atoms with Gasteiger partial charge in [0.15, 0.2) is 0 Å². The molecule has 1 unspecified atom stereocenters. The molecule has 0 bridgehead atoms. The van der Waals surface area contributed by atoms with Gasteiger partial charge in [-0.1, -0.05) is 12.1 Å². The Morgan fingerprint density at radius 2 is 1.88 bits per heavy atom. The van der Waals surface area contributed by atoms with Gasteiger partial charge >= 0.3 is 0 Å². The van der Waals surface area contributed by atoms with Crippen molar-refractivity contribution in [2.24, 2.45) is 0 Å². The van der Waals surface area contributed by atoms with E-state index in [1.165, 1.54) is 6.07 Å². The molecule has 0 aromatic heterocycles. The van der Waals surface area contributed by atoms with E-state index >= 15 is 0 Å². The largest absolute Gasteiger partial charge is 0.386 e. The summed E-state index contributed by atoms with van der Waals surface area (Å²) in [5.74, 6) is -0.272. The van der Waals surface area contributed by atoms with Crippen LogP contribution in [-0.4, -0.2) is 29.6 Å². The maximum absolute atomic E-state index is 13.4. The van der Waals surface area contributed by atoms with Gasteiger partial charge in [-0.3, -0.25) is 0 Å². The maximum atomic E-state index is 13.4. The molecule has 0 amide bonds. The Balaban J connectivity index is 3.05. The van der Waals surface area contributed by atoms with Gasteiger partial charge in [0.05, 0.1) is 6.10 Å². The van der Waals surface area contributed by atoms with Gasteiger partial charge in [0.25, 0.3) is 0 Å². The number of aliphatic hydroxyl groups is 1. The van der Waals surface area contributed by atoms with E-state index in [1.807, 2.05) is 32.8 Å². The van der Waals surface area contributed by atoms with Crippen molar-refractivity contribution in [2.45, 2.75) is 32.4 Å². The lowest BCUT2D eigenvalue weighted by Crippen LogP contribution is -2.43. The summed E-state index contributed by atoms with van der Waals surface area (Å²) in [6.07, 6.45) is -0.711. The van der Waals surface area contributed by atoms with E-state index in [2.05, 4.69) is 0 Å². The normalized spacial score (nSPS) is 14.2. The molecule has 90 valence electrons. The van der Waals surface area contributed by atoms with Crippen LogP contribution in [0.5, 0.6) is 0 Å². The highest BCUT2D eigenvalue weighted by Gasteiger charge is 2.31. The molecule has 1 atom stereocenters. The summed E-state index contributed by atoms with van der Waals surface area (Å²) < 4.78 is 13.4. The van der Waals surface area contributed by atoms with Crippen LogP contribution in [0.2, 0.25) is 0 Å². The van der Waals surface area contributed by atoms with Gasteiger partial charge in [-0.15, -0.1) is 0 Å². The highest BCUT2D eigenvalue weighted by atomic mass is 19.1. The Hall–Kier alpha value is -0.930. The Bertz CT molecular complexity index is 374. The number of benzene rings is 1. The van der Waals surface area contributed by atoms with Crippen LogP contribution < -0.4 is 0 Å². The first kappa shape index (κ1) is 13.1. The van der Waals surface area contributed by atoms with Crippen LogP contribution in [0.1, 0.15) is 31.1 Å². The molecular formula is C13H20FNO. The summed E-state index contributed by atoms with van der Waals surface area (Å²) >= 11 is 0. The molecule has 0 radical (unpaired) electrons. The summed E-state index contributed by atoms with van der Waals surface area (Å²) in [4.78, 5) is 1.93. The van der Waals surface area contributed by atoms with Gasteiger partial charge in [0.1, 0.15) is 5.82 Å². The third-order valence-corrected chi connectivity index (χ3v) is 3.33. The van der Waals surface area contributed by atoms with Crippen molar-refractivity contribution in [3.05, 3.63) is 35.1 Å². The van der Waals surface area contributed by atoms with Gasteiger partial charge in [0, 0.05) is 5.54 Å². The average molecular weight is 225 g/mol. The van der Waals surface area contributed by atoms with Crippen molar-refractivity contribution in [1.29, 1.82) is 0 Å². The van der Waals surface area contributed by atoms with Crippen LogP contribution in [0, 0.1) is 12.7 Å². The van der Waals surface area contributed by atoms with Gasteiger partial charge in [-0.2, -0.15) is 0 Å². The fraction of sp³-hybridized carbons (Fsp3) is 0.538. The average Bonchev–Trinajstić information content (AvgIpc) is 2.20. The zero-order valence-electron chi connectivity index (χ0n) is 10.6. The molecule has 0 fully saturated rings. The van der Waals surface area contributed by atoms with E-state index < -0.39 is 11.6 Å². The monoisotopic (exact) mass is 225 g/mol. The summed E-state index contributed by atoms with van der Waals surface area (Å²) in [7, 11) is 3.79. The molecule has 0 saturated heterocycles. The molecular weight excluding hydrogens is 205 g/mol. The minimum atomic E-state index is -0.711. The third-order valence-electron chi connectivity index (χ3n) is 3.33. The fourth-order valence-electron chi connectivity index (χ4n) is 1.43. The third kappa shape index (κ3) is 2.42. The quantitative estimate of drug-likeness (QED) is 0.854. The van der Waals surface area contributed by atoms with Gasteiger partial charge in [0.2, 0.25) is 0 Å². The van der Waals surface area contributed by atoms with Gasteiger partial charge in [-0.05, 0) is 52.1 Å². The minimum Gasteiger partial charge on any atom is -0.386 e. The number of likely N-dealkylation sites (N-methyl/N-ethyl adjacent to an activating group) is 1. The lowest BCUT2D eigenvalue weighted by molar-refractivity contribution is 0.0162. The van der Waals surface area contributed by atoms with E-state index in [4.69, 9.17) is 0 Å². The Labute approximate surface area is 96.7 Å². The molecule has 1 aromatic rings. The van der Waals surface area contributed by atoms with Crippen molar-refractivity contribution in [3.63, 3.8) is 0 Å². The number of hydrogen-bond donors (Lipinski definition) is 1. The van der Waals surface area contributed by atoms with Crippen LogP contribution in [0.15, 0.2) is 18.2 Å². The number of hydrogen-bond acceptors (Lipinski definition) is 2. The van der Waals surface area contributed by atoms with Gasteiger partial charge in [-0.25, -0.2) is 4.39 Å². The SMILES string of the molecule is Cc1ccc(C(O)C(C)(C)N(C)C)cc1F. The van der Waals surface area contributed by atoms with E-state index in [9.17, 15) is 9.50 Å². The zero-order valence-corrected chi connectivity index (χ0v) is 10.6. The second kappa shape index (κ2) is 4.52. The molecule has 0 saturated carbocycles. The number of aliphatic hydroxyl groups excluding tert-OH is 1. The van der Waals surface area contributed by atoms with E-state index in [0.29, 0.717) is 11.1 Å². The van der Waals surface area contributed by atoms with Crippen molar-refractivity contribution < 1.29 is 9.50 Å². The van der Waals surface area contributed by atoms with Crippen LogP contribution >= 0.6 is 0 Å². The molecule has 0 heterocycles.